The van der Waals surface area contributed by atoms with E-state index in [0.717, 1.165) is 6.04 Å². The van der Waals surface area contributed by atoms with Gasteiger partial charge in [0.15, 0.2) is 21.5 Å². The summed E-state index contributed by atoms with van der Waals surface area (Å²) in [6.07, 6.45) is 3.58. The number of ether oxygens (including phenoxy) is 2. The van der Waals surface area contributed by atoms with E-state index in [1.54, 1.807) is 23.0 Å². The summed E-state index contributed by atoms with van der Waals surface area (Å²) in [6.45, 7) is 11.4. The second kappa shape index (κ2) is 9.79. The highest BCUT2D eigenvalue weighted by molar-refractivity contribution is 7.92. The Morgan fingerprint density at radius 2 is 2.09 bits per heavy atom. The fourth-order valence-electron chi connectivity index (χ4n) is 4.29. The number of morpholine rings is 1. The average molecular weight is 526 g/mol. The van der Waals surface area contributed by atoms with Crippen LogP contribution in [0.25, 0.3) is 0 Å². The highest BCUT2D eigenvalue weighted by atomic mass is 32.2. The molecule has 194 valence electrons. The molecule has 1 saturated heterocycles. The molecule has 2 aromatic heterocycles. The second-order valence-corrected chi connectivity index (χ2v) is 18.7. The maximum absolute atomic E-state index is 15.9. The van der Waals surface area contributed by atoms with E-state index in [-0.39, 0.29) is 24.2 Å². The van der Waals surface area contributed by atoms with Crippen LogP contribution in [0.3, 0.4) is 0 Å². The number of rotatable bonds is 10. The van der Waals surface area contributed by atoms with Crippen molar-refractivity contribution in [1.29, 1.82) is 0 Å². The SMILES string of the molecule is C[C@@H]1COCCN1c1cc(C2(S(C)(=O)=O)CC2)c(F)c(Nc2ccnn2COCC[Si](C)(C)C)n1. The molecule has 35 heavy (non-hydrogen) atoms. The minimum Gasteiger partial charge on any atom is -0.377 e. The largest absolute Gasteiger partial charge is 0.377 e. The van der Waals surface area contributed by atoms with Crippen LogP contribution in [0.1, 0.15) is 25.3 Å². The molecule has 0 aromatic carbocycles. The molecule has 1 aliphatic carbocycles. The average Bonchev–Trinajstić information content (AvgIpc) is 3.48. The molecule has 1 N–H and O–H groups in total. The predicted molar refractivity (Wildman–Crippen MR) is 137 cm³/mol. The van der Waals surface area contributed by atoms with Crippen LogP contribution >= 0.6 is 0 Å². The van der Waals surface area contributed by atoms with Crippen LogP contribution in [-0.2, 0) is 30.8 Å². The molecule has 1 aliphatic heterocycles. The van der Waals surface area contributed by atoms with Gasteiger partial charge >= 0.3 is 0 Å². The Labute approximate surface area is 207 Å². The first-order valence-corrected chi connectivity index (χ1v) is 17.6. The van der Waals surface area contributed by atoms with Gasteiger partial charge in [0, 0.05) is 39.1 Å². The van der Waals surface area contributed by atoms with Gasteiger partial charge in [-0.2, -0.15) is 5.10 Å². The van der Waals surface area contributed by atoms with Crippen LogP contribution in [0.5, 0.6) is 0 Å². The molecule has 4 rings (SSSR count). The topological polar surface area (TPSA) is 98.6 Å². The van der Waals surface area contributed by atoms with Crippen molar-refractivity contribution in [2.45, 2.75) is 63.0 Å². The van der Waals surface area contributed by atoms with E-state index < -0.39 is 28.5 Å². The fraction of sp³-hybridized carbons (Fsp3) is 0.652. The van der Waals surface area contributed by atoms with Crippen LogP contribution in [-0.4, -0.2) is 69.9 Å². The molecule has 0 spiro atoms. The van der Waals surface area contributed by atoms with Crippen molar-refractivity contribution < 1.29 is 22.3 Å². The van der Waals surface area contributed by atoms with Gasteiger partial charge in [-0.3, -0.25) is 0 Å². The Morgan fingerprint density at radius 1 is 1.34 bits per heavy atom. The Morgan fingerprint density at radius 3 is 2.71 bits per heavy atom. The first-order chi connectivity index (χ1) is 16.4. The maximum Gasteiger partial charge on any atom is 0.170 e. The van der Waals surface area contributed by atoms with Gasteiger partial charge in [0.25, 0.3) is 0 Å². The lowest BCUT2D eigenvalue weighted by Gasteiger charge is -2.35. The lowest BCUT2D eigenvalue weighted by Crippen LogP contribution is -2.44. The van der Waals surface area contributed by atoms with Crippen LogP contribution in [0.15, 0.2) is 18.3 Å². The molecular weight excluding hydrogens is 489 g/mol. The fourth-order valence-corrected chi connectivity index (χ4v) is 6.44. The number of anilines is 3. The van der Waals surface area contributed by atoms with Crippen molar-refractivity contribution in [3.05, 3.63) is 29.7 Å². The van der Waals surface area contributed by atoms with Crippen LogP contribution in [0, 0.1) is 5.82 Å². The van der Waals surface area contributed by atoms with E-state index in [1.807, 2.05) is 11.8 Å². The monoisotopic (exact) mass is 525 g/mol. The van der Waals surface area contributed by atoms with E-state index in [1.165, 1.54) is 6.26 Å². The van der Waals surface area contributed by atoms with E-state index in [4.69, 9.17) is 9.47 Å². The summed E-state index contributed by atoms with van der Waals surface area (Å²) in [5.74, 6) is 0.388. The molecule has 1 saturated carbocycles. The highest BCUT2D eigenvalue weighted by Gasteiger charge is 2.55. The van der Waals surface area contributed by atoms with E-state index in [0.29, 0.717) is 50.8 Å². The number of hydrogen-bond donors (Lipinski definition) is 1. The molecule has 9 nitrogen and oxygen atoms in total. The van der Waals surface area contributed by atoms with Crippen LogP contribution < -0.4 is 10.2 Å². The van der Waals surface area contributed by atoms with Gasteiger partial charge < -0.3 is 19.7 Å². The standard InChI is InChI=1S/C23H36FN5O4SSi/c1-17-15-32-11-10-28(17)20-14-18(23(7-8-23)34(2,30)31)21(24)22(27-20)26-19-6-9-25-29(19)16-33-12-13-35(3,4)5/h6,9,14,17H,7-8,10-13,15-16H2,1-5H3,(H,26,27)/t17-/m1/s1. The summed E-state index contributed by atoms with van der Waals surface area (Å²) in [5, 5.41) is 7.34. The number of hydrogen-bond acceptors (Lipinski definition) is 8. The molecule has 1 atom stereocenters. The van der Waals surface area contributed by atoms with Crippen molar-refractivity contribution in [3.63, 3.8) is 0 Å². The minimum atomic E-state index is -3.51. The van der Waals surface area contributed by atoms with E-state index in [9.17, 15) is 8.42 Å². The molecule has 2 aromatic rings. The van der Waals surface area contributed by atoms with Crippen molar-refractivity contribution in [1.82, 2.24) is 14.8 Å². The third-order valence-corrected chi connectivity index (χ3v) is 10.4. The Kier molecular flexibility index (Phi) is 7.29. The molecule has 0 radical (unpaired) electrons. The number of sulfone groups is 1. The van der Waals surface area contributed by atoms with Crippen LogP contribution in [0.2, 0.25) is 25.7 Å². The Bertz CT molecular complexity index is 1160. The first-order valence-electron chi connectivity index (χ1n) is 12.0. The third-order valence-electron chi connectivity index (χ3n) is 6.68. The van der Waals surface area contributed by atoms with Crippen molar-refractivity contribution >= 4 is 35.4 Å². The zero-order valence-electron chi connectivity index (χ0n) is 21.2. The van der Waals surface area contributed by atoms with Crippen molar-refractivity contribution in [3.8, 4) is 0 Å². The minimum absolute atomic E-state index is 0.0186. The van der Waals surface area contributed by atoms with E-state index in [2.05, 4.69) is 35.0 Å². The second-order valence-electron chi connectivity index (χ2n) is 10.8. The number of nitrogens with zero attached hydrogens (tertiary/aromatic N) is 4. The smallest absolute Gasteiger partial charge is 0.170 e. The highest BCUT2D eigenvalue weighted by Crippen LogP contribution is 2.54. The lowest BCUT2D eigenvalue weighted by atomic mass is 10.1. The first kappa shape index (κ1) is 26.1. The van der Waals surface area contributed by atoms with Gasteiger partial charge in [0.1, 0.15) is 23.1 Å². The predicted octanol–water partition coefficient (Wildman–Crippen LogP) is 3.73. The summed E-state index contributed by atoms with van der Waals surface area (Å²) >= 11 is 0. The molecule has 0 unspecified atom stereocenters. The summed E-state index contributed by atoms with van der Waals surface area (Å²) in [4.78, 5) is 6.62. The molecule has 3 heterocycles. The normalized spacial score (nSPS) is 20.2. The van der Waals surface area contributed by atoms with Gasteiger partial charge in [-0.25, -0.2) is 22.5 Å². The van der Waals surface area contributed by atoms with Gasteiger partial charge in [-0.15, -0.1) is 0 Å². The summed E-state index contributed by atoms with van der Waals surface area (Å²) in [7, 11) is -4.73. The summed E-state index contributed by atoms with van der Waals surface area (Å²) < 4.78 is 52.9. The molecule has 2 fully saturated rings. The van der Waals surface area contributed by atoms with Gasteiger partial charge in [-0.05, 0) is 31.9 Å². The maximum atomic E-state index is 15.9. The molecule has 0 amide bonds. The van der Waals surface area contributed by atoms with Gasteiger partial charge in [-0.1, -0.05) is 19.6 Å². The third kappa shape index (κ3) is 5.70. The molecular formula is C23H36FN5O4SSi. The summed E-state index contributed by atoms with van der Waals surface area (Å²) in [5.41, 5.74) is 0.170. The zero-order chi connectivity index (χ0) is 25.4. The van der Waals surface area contributed by atoms with Gasteiger partial charge in [0.05, 0.1) is 25.5 Å². The number of nitrogens with one attached hydrogen (secondary N) is 1. The number of pyridine rings is 1. The van der Waals surface area contributed by atoms with Crippen LogP contribution in [0.4, 0.5) is 21.8 Å². The Balaban J connectivity index is 1.65. The zero-order valence-corrected chi connectivity index (χ0v) is 23.0. The molecule has 2 aliphatic rings. The van der Waals surface area contributed by atoms with Crippen molar-refractivity contribution in [2.75, 3.05) is 42.8 Å². The lowest BCUT2D eigenvalue weighted by molar-refractivity contribution is 0.0801. The Hall–Kier alpha value is -2.02. The molecule has 12 heteroatoms. The number of halogens is 1. The van der Waals surface area contributed by atoms with E-state index >= 15 is 4.39 Å². The summed E-state index contributed by atoms with van der Waals surface area (Å²) in [6, 6.07) is 4.38. The number of aromatic nitrogens is 3. The van der Waals surface area contributed by atoms with Crippen molar-refractivity contribution in [2.24, 2.45) is 0 Å². The molecule has 0 bridgehead atoms. The van der Waals surface area contributed by atoms with Gasteiger partial charge in [0.2, 0.25) is 0 Å². The quantitative estimate of drug-likeness (QED) is 0.370.